The van der Waals surface area contributed by atoms with Gasteiger partial charge in [-0.25, -0.2) is 18.2 Å². The number of nitrogens with one attached hydrogen (secondary N) is 2. The molecule has 3 heterocycles. The summed E-state index contributed by atoms with van der Waals surface area (Å²) < 4.78 is 84.5. The van der Waals surface area contributed by atoms with Crippen molar-refractivity contribution in [2.24, 2.45) is 0 Å². The van der Waals surface area contributed by atoms with Crippen LogP contribution in [0, 0.1) is 0 Å². The number of H-pyrrole nitrogens is 1. The molecule has 1 aromatic heterocycles. The Kier molecular flexibility index (Phi) is 6.12. The molecule has 0 amide bonds. The van der Waals surface area contributed by atoms with E-state index in [0.717, 1.165) is 6.20 Å². The van der Waals surface area contributed by atoms with E-state index < -0.39 is 63.0 Å². The summed E-state index contributed by atoms with van der Waals surface area (Å²) in [6, 6.07) is 1.17. The number of aromatic amines is 1. The van der Waals surface area contributed by atoms with Gasteiger partial charge >= 0.3 is 19.8 Å². The van der Waals surface area contributed by atoms with Crippen LogP contribution in [-0.2, 0) is 23.4 Å². The van der Waals surface area contributed by atoms with Crippen molar-refractivity contribution in [3.05, 3.63) is 22.7 Å². The molecule has 3 rings (SSSR count). The summed E-state index contributed by atoms with van der Waals surface area (Å²) in [6.07, 6.45) is -4.32. The summed E-state index contributed by atoms with van der Waals surface area (Å²) in [5, 5.41) is 12.3. The standard InChI is InChI=1S/C18H28F3N3O7SSi/c1-15(2,3)33(16(4,5)6)29-9-10-12(31-33)17(26,32(27,28)18(19,20)21)13(30-10)23-11-7-8-22-14(25)24-11/h7-8,10,12-13,26H,9H2,1-6H3,(H2,22,23,24,25)/t10-,12-,13-,17-/m1/s1. The van der Waals surface area contributed by atoms with Gasteiger partial charge in [-0.15, -0.1) is 0 Å². The number of hydrogen-bond donors (Lipinski definition) is 3. The Labute approximate surface area is 190 Å². The van der Waals surface area contributed by atoms with Gasteiger partial charge in [-0.2, -0.15) is 13.2 Å². The third-order valence-electron chi connectivity index (χ3n) is 5.85. The van der Waals surface area contributed by atoms with E-state index in [1.54, 1.807) is 41.5 Å². The number of hydrogen-bond acceptors (Lipinski definition) is 9. The van der Waals surface area contributed by atoms with Gasteiger partial charge in [-0.05, 0) is 6.07 Å². The normalized spacial score (nSPS) is 30.7. The average molecular weight is 516 g/mol. The molecule has 4 atom stereocenters. The van der Waals surface area contributed by atoms with Gasteiger partial charge in [0.25, 0.3) is 9.84 Å². The number of nitrogens with zero attached hydrogens (tertiary/aromatic N) is 1. The van der Waals surface area contributed by atoms with Gasteiger partial charge in [-0.3, -0.25) is 4.98 Å². The highest BCUT2D eigenvalue weighted by atomic mass is 32.2. The number of sulfone groups is 1. The van der Waals surface area contributed by atoms with Crippen molar-refractivity contribution < 1.29 is 40.3 Å². The first-order valence-corrected chi connectivity index (χ1v) is 13.4. The van der Waals surface area contributed by atoms with E-state index in [4.69, 9.17) is 13.6 Å². The molecule has 15 heteroatoms. The molecule has 0 saturated carbocycles. The van der Waals surface area contributed by atoms with Crippen LogP contribution in [0.4, 0.5) is 19.0 Å². The summed E-state index contributed by atoms with van der Waals surface area (Å²) >= 11 is 0. The molecule has 0 aliphatic carbocycles. The van der Waals surface area contributed by atoms with Crippen LogP contribution in [0.1, 0.15) is 41.5 Å². The van der Waals surface area contributed by atoms with Gasteiger partial charge in [0.1, 0.15) is 18.0 Å². The monoisotopic (exact) mass is 515 g/mol. The molecule has 2 saturated heterocycles. The largest absolute Gasteiger partial charge is 0.500 e. The number of fused-ring (bicyclic) bond motifs is 1. The number of ether oxygens (including phenoxy) is 1. The fraction of sp³-hybridized carbons (Fsp3) is 0.778. The molecule has 2 aliphatic rings. The SMILES string of the molecule is CC(C)(C)[Si]1(C(C)(C)C)OC[C@H]2O[C@@H](Nc3ccnc(=O)[nH]3)[C@](O)(S(=O)(=O)C(F)(F)F)[C@@H]2O1. The second-order valence-electron chi connectivity index (χ2n) is 10.2. The van der Waals surface area contributed by atoms with Crippen LogP contribution < -0.4 is 11.0 Å². The van der Waals surface area contributed by atoms with Crippen molar-refractivity contribution >= 4 is 24.2 Å². The minimum atomic E-state index is -6.26. The van der Waals surface area contributed by atoms with Gasteiger partial charge in [0.2, 0.25) is 4.93 Å². The molecule has 0 radical (unpaired) electrons. The van der Waals surface area contributed by atoms with Crippen LogP contribution in [0.25, 0.3) is 0 Å². The highest BCUT2D eigenvalue weighted by Gasteiger charge is 2.76. The molecular formula is C18H28F3N3O7SSi. The summed E-state index contributed by atoms with van der Waals surface area (Å²) in [4.78, 5) is 13.5. The lowest BCUT2D eigenvalue weighted by molar-refractivity contribution is -0.0842. The summed E-state index contributed by atoms with van der Waals surface area (Å²) in [6.45, 7) is 10.4. The first-order valence-electron chi connectivity index (χ1n) is 10.1. The quantitative estimate of drug-likeness (QED) is 0.516. The van der Waals surface area contributed by atoms with E-state index in [1.807, 2.05) is 0 Å². The Hall–Kier alpha value is -1.52. The predicted octanol–water partition coefficient (Wildman–Crippen LogP) is 1.99. The van der Waals surface area contributed by atoms with Crippen molar-refractivity contribution in [2.45, 2.75) is 80.5 Å². The molecule has 0 bridgehead atoms. The zero-order valence-corrected chi connectivity index (χ0v) is 20.8. The Morgan fingerprint density at radius 2 is 1.79 bits per heavy atom. The zero-order valence-electron chi connectivity index (χ0n) is 19.0. The highest BCUT2D eigenvalue weighted by molar-refractivity contribution is 7.93. The molecule has 2 fully saturated rings. The first kappa shape index (κ1) is 26.1. The molecule has 188 valence electrons. The third kappa shape index (κ3) is 3.91. The smallest absolute Gasteiger partial charge is 0.391 e. The van der Waals surface area contributed by atoms with E-state index in [-0.39, 0.29) is 12.4 Å². The van der Waals surface area contributed by atoms with Gasteiger partial charge in [0.05, 0.1) is 6.61 Å². The minimum absolute atomic E-state index is 0.203. The molecule has 3 N–H and O–H groups in total. The number of alkyl halides is 3. The minimum Gasteiger partial charge on any atom is -0.391 e. The van der Waals surface area contributed by atoms with Crippen LogP contribution in [0.2, 0.25) is 10.1 Å². The van der Waals surface area contributed by atoms with E-state index in [0.29, 0.717) is 0 Å². The summed E-state index contributed by atoms with van der Waals surface area (Å²) in [5.41, 5.74) is -6.66. The molecular weight excluding hydrogens is 487 g/mol. The Balaban J connectivity index is 2.16. The fourth-order valence-electron chi connectivity index (χ4n) is 4.58. The summed E-state index contributed by atoms with van der Waals surface area (Å²) in [7, 11) is -9.76. The van der Waals surface area contributed by atoms with Gasteiger partial charge in [-0.1, -0.05) is 41.5 Å². The molecule has 1 aromatic rings. The lowest BCUT2D eigenvalue weighted by atomic mass is 10.1. The van der Waals surface area contributed by atoms with Crippen molar-refractivity contribution in [1.82, 2.24) is 9.97 Å². The maximum Gasteiger partial charge on any atom is 0.500 e. The van der Waals surface area contributed by atoms with Crippen LogP contribution >= 0.6 is 0 Å². The van der Waals surface area contributed by atoms with Crippen LogP contribution in [-0.4, -0.2) is 67.5 Å². The topological polar surface area (TPSA) is 140 Å². The van der Waals surface area contributed by atoms with E-state index in [1.165, 1.54) is 6.07 Å². The lowest BCUT2D eigenvalue weighted by Gasteiger charge is -2.54. The number of halogens is 3. The van der Waals surface area contributed by atoms with Gasteiger partial charge in [0, 0.05) is 16.3 Å². The van der Waals surface area contributed by atoms with Gasteiger partial charge < -0.3 is 24.0 Å². The van der Waals surface area contributed by atoms with Crippen LogP contribution in [0.5, 0.6) is 0 Å². The Morgan fingerprint density at radius 3 is 2.27 bits per heavy atom. The average Bonchev–Trinajstić information content (AvgIpc) is 2.91. The Morgan fingerprint density at radius 1 is 1.21 bits per heavy atom. The van der Waals surface area contributed by atoms with Gasteiger partial charge in [0.15, 0.2) is 6.23 Å². The number of rotatable bonds is 3. The molecule has 2 aliphatic heterocycles. The molecule has 0 aromatic carbocycles. The van der Waals surface area contributed by atoms with Crippen molar-refractivity contribution in [2.75, 3.05) is 11.9 Å². The van der Waals surface area contributed by atoms with Crippen LogP contribution in [0.15, 0.2) is 17.1 Å². The van der Waals surface area contributed by atoms with E-state index >= 15 is 0 Å². The lowest BCUT2D eigenvalue weighted by Crippen LogP contribution is -2.70. The zero-order chi connectivity index (χ0) is 25.3. The van der Waals surface area contributed by atoms with Crippen LogP contribution in [0.3, 0.4) is 0 Å². The number of aliphatic hydroxyl groups is 1. The van der Waals surface area contributed by atoms with E-state index in [9.17, 15) is 31.5 Å². The third-order valence-corrected chi connectivity index (χ3v) is 12.9. The maximum absolute atomic E-state index is 13.8. The molecule has 33 heavy (non-hydrogen) atoms. The summed E-state index contributed by atoms with van der Waals surface area (Å²) in [5.74, 6) is -0.203. The first-order chi connectivity index (χ1) is 14.8. The number of aromatic nitrogens is 2. The van der Waals surface area contributed by atoms with E-state index in [2.05, 4.69) is 15.3 Å². The maximum atomic E-state index is 13.8. The van der Waals surface area contributed by atoms with Crippen molar-refractivity contribution in [1.29, 1.82) is 0 Å². The van der Waals surface area contributed by atoms with Crippen molar-refractivity contribution in [3.8, 4) is 0 Å². The van der Waals surface area contributed by atoms with Crippen molar-refractivity contribution in [3.63, 3.8) is 0 Å². The second-order valence-corrected chi connectivity index (χ2v) is 17.0. The fourth-order valence-corrected chi connectivity index (χ4v) is 10.9. The molecule has 10 nitrogen and oxygen atoms in total. The predicted molar refractivity (Wildman–Crippen MR) is 113 cm³/mol. The molecule has 0 unspecified atom stereocenters. The second kappa shape index (κ2) is 7.74. The number of anilines is 1. The Bertz CT molecular complexity index is 1050. The molecule has 0 spiro atoms. The highest BCUT2D eigenvalue weighted by Crippen LogP contribution is 2.57.